The fourth-order valence-electron chi connectivity index (χ4n) is 3.42. The van der Waals surface area contributed by atoms with Crippen molar-refractivity contribution in [3.63, 3.8) is 0 Å². The maximum absolute atomic E-state index is 12.2. The highest BCUT2D eigenvalue weighted by Gasteiger charge is 2.14. The van der Waals surface area contributed by atoms with Crippen molar-refractivity contribution in [1.29, 1.82) is 0 Å². The SMILES string of the molecule is COc1ccc(/C=N/NC(=O)C(=O)Nc2ccc(C)cc2C)cc1COc1ccc([N+](=O)[O-])c(C)c1. The lowest BCUT2D eigenvalue weighted by atomic mass is 10.1. The minimum atomic E-state index is -0.906. The zero-order valence-corrected chi connectivity index (χ0v) is 20.3. The number of nitro benzene ring substituents is 1. The molecule has 10 nitrogen and oxygen atoms in total. The molecule has 0 radical (unpaired) electrons. The molecule has 2 amide bonds. The average Bonchev–Trinajstić information content (AvgIpc) is 2.84. The number of hydrogen-bond donors (Lipinski definition) is 2. The molecule has 0 heterocycles. The molecule has 3 aromatic rings. The number of nitrogens with zero attached hydrogens (tertiary/aromatic N) is 2. The van der Waals surface area contributed by atoms with E-state index in [-0.39, 0.29) is 12.3 Å². The lowest BCUT2D eigenvalue weighted by molar-refractivity contribution is -0.385. The molecular formula is C26H26N4O6. The maximum Gasteiger partial charge on any atom is 0.329 e. The summed E-state index contributed by atoms with van der Waals surface area (Å²) in [6, 6.07) is 15.2. The van der Waals surface area contributed by atoms with Crippen LogP contribution in [0.25, 0.3) is 0 Å². The Morgan fingerprint density at radius 2 is 1.78 bits per heavy atom. The van der Waals surface area contributed by atoms with E-state index in [1.54, 1.807) is 37.3 Å². The highest BCUT2D eigenvalue weighted by atomic mass is 16.6. The van der Waals surface area contributed by atoms with Gasteiger partial charge >= 0.3 is 11.8 Å². The minimum absolute atomic E-state index is 0.0165. The van der Waals surface area contributed by atoms with Crippen molar-refractivity contribution in [2.45, 2.75) is 27.4 Å². The van der Waals surface area contributed by atoms with Crippen LogP contribution < -0.4 is 20.2 Å². The van der Waals surface area contributed by atoms with Crippen LogP contribution in [0.4, 0.5) is 11.4 Å². The van der Waals surface area contributed by atoms with Gasteiger partial charge < -0.3 is 14.8 Å². The Kier molecular flexibility index (Phi) is 8.35. The van der Waals surface area contributed by atoms with Crippen molar-refractivity contribution >= 4 is 29.4 Å². The summed E-state index contributed by atoms with van der Waals surface area (Å²) >= 11 is 0. The summed E-state index contributed by atoms with van der Waals surface area (Å²) in [6.07, 6.45) is 1.39. The van der Waals surface area contributed by atoms with E-state index in [1.807, 2.05) is 26.0 Å². The number of amides is 2. The van der Waals surface area contributed by atoms with E-state index >= 15 is 0 Å². The predicted molar refractivity (Wildman–Crippen MR) is 135 cm³/mol. The van der Waals surface area contributed by atoms with Crippen molar-refractivity contribution in [2.75, 3.05) is 12.4 Å². The number of aryl methyl sites for hydroxylation is 3. The summed E-state index contributed by atoms with van der Waals surface area (Å²) in [5.74, 6) is -0.692. The second kappa shape index (κ2) is 11.6. The molecule has 0 atom stereocenters. The lowest BCUT2D eigenvalue weighted by Gasteiger charge is -2.11. The molecule has 3 aromatic carbocycles. The van der Waals surface area contributed by atoms with Crippen LogP contribution in [0, 0.1) is 30.9 Å². The van der Waals surface area contributed by atoms with Crippen LogP contribution in [0.1, 0.15) is 27.8 Å². The average molecular weight is 491 g/mol. The molecule has 186 valence electrons. The van der Waals surface area contributed by atoms with Crippen LogP contribution in [0.15, 0.2) is 59.7 Å². The molecule has 0 fully saturated rings. The Labute approximate surface area is 208 Å². The number of ether oxygens (including phenoxy) is 2. The summed E-state index contributed by atoms with van der Waals surface area (Å²) in [6.45, 7) is 5.55. The van der Waals surface area contributed by atoms with E-state index in [0.717, 1.165) is 11.1 Å². The highest BCUT2D eigenvalue weighted by molar-refractivity contribution is 6.39. The molecule has 0 aliphatic rings. The molecule has 0 aromatic heterocycles. The third kappa shape index (κ3) is 6.66. The first-order chi connectivity index (χ1) is 17.2. The fourth-order valence-corrected chi connectivity index (χ4v) is 3.42. The van der Waals surface area contributed by atoms with Crippen molar-refractivity contribution in [2.24, 2.45) is 5.10 Å². The molecule has 36 heavy (non-hydrogen) atoms. The third-order valence-electron chi connectivity index (χ3n) is 5.28. The molecular weight excluding hydrogens is 464 g/mol. The zero-order valence-electron chi connectivity index (χ0n) is 20.3. The van der Waals surface area contributed by atoms with Crippen molar-refractivity contribution in [3.8, 4) is 11.5 Å². The number of carbonyl (C=O) groups excluding carboxylic acids is 2. The van der Waals surface area contributed by atoms with Crippen LogP contribution in [0.5, 0.6) is 11.5 Å². The molecule has 2 N–H and O–H groups in total. The minimum Gasteiger partial charge on any atom is -0.496 e. The number of methoxy groups -OCH3 is 1. The van der Waals surface area contributed by atoms with Gasteiger partial charge in [-0.2, -0.15) is 5.10 Å². The number of carbonyl (C=O) groups is 2. The second-order valence-corrected chi connectivity index (χ2v) is 8.04. The number of hydrazone groups is 1. The number of anilines is 1. The van der Waals surface area contributed by atoms with Gasteiger partial charge in [0.05, 0.1) is 18.2 Å². The number of benzene rings is 3. The molecule has 0 spiro atoms. The van der Waals surface area contributed by atoms with Gasteiger partial charge in [-0.3, -0.25) is 19.7 Å². The molecule has 0 saturated carbocycles. The van der Waals surface area contributed by atoms with Gasteiger partial charge in [0.15, 0.2) is 0 Å². The van der Waals surface area contributed by atoms with Gasteiger partial charge in [-0.25, -0.2) is 5.43 Å². The molecule has 0 aliphatic heterocycles. The largest absolute Gasteiger partial charge is 0.496 e. The van der Waals surface area contributed by atoms with Crippen molar-refractivity contribution in [3.05, 3.63) is 92.5 Å². The van der Waals surface area contributed by atoms with Crippen molar-refractivity contribution in [1.82, 2.24) is 5.43 Å². The predicted octanol–water partition coefficient (Wildman–Crippen LogP) is 4.20. The Hall–Kier alpha value is -4.73. The van der Waals surface area contributed by atoms with Gasteiger partial charge in [-0.1, -0.05) is 17.7 Å². The molecule has 0 saturated heterocycles. The van der Waals surface area contributed by atoms with E-state index in [2.05, 4.69) is 15.8 Å². The summed E-state index contributed by atoms with van der Waals surface area (Å²) in [4.78, 5) is 34.8. The molecule has 0 unspecified atom stereocenters. The molecule has 0 bridgehead atoms. The topological polar surface area (TPSA) is 132 Å². The molecule has 3 rings (SSSR count). The summed E-state index contributed by atoms with van der Waals surface area (Å²) in [7, 11) is 1.53. The first-order valence-electron chi connectivity index (χ1n) is 10.9. The summed E-state index contributed by atoms with van der Waals surface area (Å²) in [5.41, 5.74) is 6.48. The summed E-state index contributed by atoms with van der Waals surface area (Å²) < 4.78 is 11.2. The lowest BCUT2D eigenvalue weighted by Crippen LogP contribution is -2.32. The normalized spacial score (nSPS) is 10.7. The van der Waals surface area contributed by atoms with E-state index in [4.69, 9.17) is 9.47 Å². The van der Waals surface area contributed by atoms with Gasteiger partial charge in [-0.15, -0.1) is 0 Å². The second-order valence-electron chi connectivity index (χ2n) is 8.04. The Balaban J connectivity index is 1.62. The van der Waals surface area contributed by atoms with Crippen LogP contribution in [-0.4, -0.2) is 30.1 Å². The monoisotopic (exact) mass is 490 g/mol. The van der Waals surface area contributed by atoms with E-state index in [1.165, 1.54) is 25.5 Å². The van der Waals surface area contributed by atoms with E-state index in [0.29, 0.717) is 33.9 Å². The standard InChI is InChI=1S/C26H26N4O6/c1-16-5-8-22(17(2)11-16)28-25(31)26(32)29-27-14-19-6-10-24(35-4)20(13-19)15-36-21-7-9-23(30(33)34)18(3)12-21/h5-14H,15H2,1-4H3,(H,28,31)(H,29,32)/b27-14+. The van der Waals surface area contributed by atoms with Gasteiger partial charge in [0.25, 0.3) is 5.69 Å². The van der Waals surface area contributed by atoms with Crippen LogP contribution in [-0.2, 0) is 16.2 Å². The molecule has 0 aliphatic carbocycles. The van der Waals surface area contributed by atoms with E-state index < -0.39 is 16.7 Å². The Bertz CT molecular complexity index is 1340. The molecule has 10 heteroatoms. The number of nitro groups is 1. The summed E-state index contributed by atoms with van der Waals surface area (Å²) in [5, 5.41) is 17.4. The Morgan fingerprint density at radius 1 is 1.00 bits per heavy atom. The van der Waals surface area contributed by atoms with E-state index in [9.17, 15) is 19.7 Å². The number of nitrogens with one attached hydrogen (secondary N) is 2. The van der Waals surface area contributed by atoms with Gasteiger partial charge in [-0.05, 0) is 68.3 Å². The zero-order chi connectivity index (χ0) is 26.2. The smallest absolute Gasteiger partial charge is 0.329 e. The fraction of sp³-hybridized carbons (Fsp3) is 0.192. The number of hydrogen-bond acceptors (Lipinski definition) is 7. The van der Waals surface area contributed by atoms with Crippen LogP contribution in [0.2, 0.25) is 0 Å². The van der Waals surface area contributed by atoms with Crippen molar-refractivity contribution < 1.29 is 24.0 Å². The number of rotatable bonds is 8. The first-order valence-corrected chi connectivity index (χ1v) is 10.9. The Morgan fingerprint density at radius 3 is 2.44 bits per heavy atom. The van der Waals surface area contributed by atoms with Gasteiger partial charge in [0, 0.05) is 22.9 Å². The quantitative estimate of drug-likeness (QED) is 0.211. The van der Waals surface area contributed by atoms with Crippen LogP contribution >= 0.6 is 0 Å². The van der Waals surface area contributed by atoms with Crippen LogP contribution in [0.3, 0.4) is 0 Å². The maximum atomic E-state index is 12.2. The highest BCUT2D eigenvalue weighted by Crippen LogP contribution is 2.26. The van der Waals surface area contributed by atoms with Gasteiger partial charge in [0.2, 0.25) is 0 Å². The van der Waals surface area contributed by atoms with Gasteiger partial charge in [0.1, 0.15) is 18.1 Å². The third-order valence-corrected chi connectivity index (χ3v) is 5.28. The first kappa shape index (κ1) is 25.9.